The molecule has 0 aromatic carbocycles. The van der Waals surface area contributed by atoms with E-state index in [2.05, 4.69) is 4.74 Å². The fourth-order valence-electron chi connectivity index (χ4n) is 1.20. The molecule has 0 saturated heterocycles. The summed E-state index contributed by atoms with van der Waals surface area (Å²) in [5.41, 5.74) is 0.748. The van der Waals surface area contributed by atoms with Gasteiger partial charge in [-0.1, -0.05) is 6.08 Å². The van der Waals surface area contributed by atoms with Gasteiger partial charge in [0.15, 0.2) is 0 Å². The average Bonchev–Trinajstić information content (AvgIpc) is 2.50. The highest BCUT2D eigenvalue weighted by Crippen LogP contribution is 2.13. The number of carbonyl (C=O) groups is 2. The number of methoxy groups -OCH3 is 1. The van der Waals surface area contributed by atoms with Gasteiger partial charge in [0.05, 0.1) is 13.5 Å². The molecule has 1 aliphatic heterocycles. The van der Waals surface area contributed by atoms with E-state index in [0.29, 0.717) is 13.1 Å². The lowest BCUT2D eigenvalue weighted by atomic mass is 10.2. The second-order valence-corrected chi connectivity index (χ2v) is 2.78. The molecule has 0 radical (unpaired) electrons. The Labute approximate surface area is 75.6 Å². The third-order valence-corrected chi connectivity index (χ3v) is 1.81. The van der Waals surface area contributed by atoms with Crippen LogP contribution >= 0.6 is 0 Å². The van der Waals surface area contributed by atoms with Crippen LogP contribution < -0.4 is 0 Å². The number of hydrogen-bond donors (Lipinski definition) is 1. The summed E-state index contributed by atoms with van der Waals surface area (Å²) in [7, 11) is 1.30. The molecule has 5 heteroatoms. The second-order valence-electron chi connectivity index (χ2n) is 2.78. The number of hydrogen-bond acceptors (Lipinski definition) is 3. The van der Waals surface area contributed by atoms with E-state index in [1.807, 2.05) is 0 Å². The lowest BCUT2D eigenvalue weighted by molar-refractivity contribution is -0.136. The minimum atomic E-state index is -0.877. The fraction of sp³-hybridized carbons (Fsp3) is 0.500. The predicted octanol–water partition coefficient (Wildman–Crippen LogP) is 0.470. The molecule has 0 spiro atoms. The molecule has 1 N–H and O–H groups in total. The minimum absolute atomic E-state index is 0.00645. The van der Waals surface area contributed by atoms with E-state index in [1.54, 1.807) is 6.08 Å². The first kappa shape index (κ1) is 9.57. The van der Waals surface area contributed by atoms with Gasteiger partial charge in [-0.15, -0.1) is 0 Å². The topological polar surface area (TPSA) is 66.8 Å². The first-order valence-corrected chi connectivity index (χ1v) is 3.86. The monoisotopic (exact) mass is 185 g/mol. The van der Waals surface area contributed by atoms with Gasteiger partial charge in [-0.05, 0) is 5.57 Å². The van der Waals surface area contributed by atoms with E-state index in [0.717, 1.165) is 5.57 Å². The van der Waals surface area contributed by atoms with Crippen molar-refractivity contribution in [2.75, 3.05) is 20.2 Å². The van der Waals surface area contributed by atoms with Crippen LogP contribution in [0, 0.1) is 0 Å². The van der Waals surface area contributed by atoms with Gasteiger partial charge in [-0.2, -0.15) is 0 Å². The summed E-state index contributed by atoms with van der Waals surface area (Å²) < 4.78 is 4.49. The summed E-state index contributed by atoms with van der Waals surface area (Å²) in [6.07, 6.45) is 1.31. The predicted molar refractivity (Wildman–Crippen MR) is 44.3 cm³/mol. The zero-order valence-corrected chi connectivity index (χ0v) is 7.32. The van der Waals surface area contributed by atoms with Crippen molar-refractivity contribution in [1.82, 2.24) is 4.90 Å². The third kappa shape index (κ3) is 2.47. The first-order chi connectivity index (χ1) is 6.13. The van der Waals surface area contributed by atoms with Crippen molar-refractivity contribution < 1.29 is 19.4 Å². The molecule has 0 unspecified atom stereocenters. The molecule has 0 aromatic heterocycles. The van der Waals surface area contributed by atoms with Crippen molar-refractivity contribution in [3.05, 3.63) is 11.6 Å². The van der Waals surface area contributed by atoms with Crippen LogP contribution in [0.5, 0.6) is 0 Å². The number of ether oxygens (including phenoxy) is 1. The maximum absolute atomic E-state index is 11.0. The molecule has 1 rings (SSSR count). The number of aliphatic carboxylic acids is 1. The third-order valence-electron chi connectivity index (χ3n) is 1.81. The van der Waals surface area contributed by atoms with Gasteiger partial charge in [0.25, 0.3) is 0 Å². The van der Waals surface area contributed by atoms with E-state index in [4.69, 9.17) is 5.11 Å². The number of rotatable bonds is 2. The quantitative estimate of drug-likeness (QED) is 0.635. The van der Waals surface area contributed by atoms with Gasteiger partial charge in [0.1, 0.15) is 0 Å². The van der Waals surface area contributed by atoms with Crippen molar-refractivity contribution in [2.24, 2.45) is 0 Å². The smallest absolute Gasteiger partial charge is 0.410 e. The molecule has 1 aliphatic rings. The molecular formula is C8H11NO4. The van der Waals surface area contributed by atoms with Gasteiger partial charge in [-0.3, -0.25) is 4.79 Å². The van der Waals surface area contributed by atoms with E-state index in [1.165, 1.54) is 12.0 Å². The largest absolute Gasteiger partial charge is 0.481 e. The second kappa shape index (κ2) is 3.93. The summed E-state index contributed by atoms with van der Waals surface area (Å²) in [5.74, 6) is -0.877. The summed E-state index contributed by atoms with van der Waals surface area (Å²) in [6, 6.07) is 0. The van der Waals surface area contributed by atoms with Gasteiger partial charge >= 0.3 is 12.1 Å². The minimum Gasteiger partial charge on any atom is -0.481 e. The molecule has 0 fully saturated rings. The molecule has 1 heterocycles. The highest BCUT2D eigenvalue weighted by Gasteiger charge is 2.20. The van der Waals surface area contributed by atoms with Gasteiger partial charge in [0.2, 0.25) is 0 Å². The van der Waals surface area contributed by atoms with Crippen LogP contribution in [-0.4, -0.2) is 42.3 Å². The Balaban J connectivity index is 2.42. The highest BCUT2D eigenvalue weighted by molar-refractivity contribution is 5.72. The Bertz CT molecular complexity index is 259. The number of carbonyl (C=O) groups excluding carboxylic acids is 1. The Morgan fingerprint density at radius 2 is 2.38 bits per heavy atom. The summed E-state index contributed by atoms with van der Waals surface area (Å²) in [6.45, 7) is 0.800. The normalized spacial score (nSPS) is 15.5. The van der Waals surface area contributed by atoms with Crippen LogP contribution in [0.1, 0.15) is 6.42 Å². The molecule has 0 saturated carbocycles. The van der Waals surface area contributed by atoms with E-state index in [9.17, 15) is 9.59 Å². The maximum Gasteiger partial charge on any atom is 0.410 e. The summed E-state index contributed by atoms with van der Waals surface area (Å²) in [5, 5.41) is 8.48. The van der Waals surface area contributed by atoms with Gasteiger partial charge in [0, 0.05) is 13.1 Å². The number of carboxylic acid groups (broad SMARTS) is 1. The summed E-state index contributed by atoms with van der Waals surface area (Å²) >= 11 is 0. The van der Waals surface area contributed by atoms with Crippen LogP contribution in [-0.2, 0) is 9.53 Å². The molecule has 13 heavy (non-hydrogen) atoms. The van der Waals surface area contributed by atoms with Gasteiger partial charge in [-0.25, -0.2) is 4.79 Å². The molecule has 0 aliphatic carbocycles. The van der Waals surface area contributed by atoms with Crippen LogP contribution in [0.25, 0.3) is 0 Å². The SMILES string of the molecule is COC(=O)N1CC=C(CC(=O)O)C1. The number of nitrogens with zero attached hydrogens (tertiary/aromatic N) is 1. The highest BCUT2D eigenvalue weighted by atomic mass is 16.5. The Kier molecular flexibility index (Phi) is 2.89. The summed E-state index contributed by atoms with van der Waals surface area (Å²) in [4.78, 5) is 22.7. The Morgan fingerprint density at radius 1 is 1.69 bits per heavy atom. The molecular weight excluding hydrogens is 174 g/mol. The molecule has 1 amide bonds. The van der Waals surface area contributed by atoms with Crippen molar-refractivity contribution in [3.8, 4) is 0 Å². The molecule has 0 aromatic rings. The van der Waals surface area contributed by atoms with E-state index >= 15 is 0 Å². The van der Waals surface area contributed by atoms with Crippen molar-refractivity contribution in [2.45, 2.75) is 6.42 Å². The average molecular weight is 185 g/mol. The van der Waals surface area contributed by atoms with Crippen molar-refractivity contribution in [1.29, 1.82) is 0 Å². The van der Waals surface area contributed by atoms with Crippen LogP contribution in [0.15, 0.2) is 11.6 Å². The molecule has 72 valence electrons. The van der Waals surface area contributed by atoms with Gasteiger partial charge < -0.3 is 14.7 Å². The Hall–Kier alpha value is -1.52. The molecule has 5 nitrogen and oxygen atoms in total. The van der Waals surface area contributed by atoms with E-state index < -0.39 is 12.1 Å². The van der Waals surface area contributed by atoms with Crippen LogP contribution in [0.3, 0.4) is 0 Å². The lowest BCUT2D eigenvalue weighted by Gasteiger charge is -2.13. The lowest BCUT2D eigenvalue weighted by Crippen LogP contribution is -2.28. The molecule has 0 atom stereocenters. The standard InChI is InChI=1S/C8H11NO4/c1-13-8(12)9-3-2-6(5-9)4-7(10)11/h2H,3-5H2,1H3,(H,10,11). The number of carboxylic acids is 1. The zero-order chi connectivity index (χ0) is 9.84. The zero-order valence-electron chi connectivity index (χ0n) is 7.32. The first-order valence-electron chi connectivity index (χ1n) is 3.86. The van der Waals surface area contributed by atoms with Crippen LogP contribution in [0.2, 0.25) is 0 Å². The van der Waals surface area contributed by atoms with Crippen molar-refractivity contribution >= 4 is 12.1 Å². The van der Waals surface area contributed by atoms with Crippen molar-refractivity contribution in [3.63, 3.8) is 0 Å². The Morgan fingerprint density at radius 3 is 2.92 bits per heavy atom. The number of amides is 1. The fourth-order valence-corrected chi connectivity index (χ4v) is 1.20. The van der Waals surface area contributed by atoms with E-state index in [-0.39, 0.29) is 6.42 Å². The molecule has 0 bridgehead atoms. The van der Waals surface area contributed by atoms with Crippen LogP contribution in [0.4, 0.5) is 4.79 Å². The maximum atomic E-state index is 11.0.